The van der Waals surface area contributed by atoms with E-state index in [0.29, 0.717) is 22.9 Å². The summed E-state index contributed by atoms with van der Waals surface area (Å²) < 4.78 is 30.2. The van der Waals surface area contributed by atoms with Crippen LogP contribution in [0.1, 0.15) is 18.2 Å². The van der Waals surface area contributed by atoms with Crippen molar-refractivity contribution in [2.75, 3.05) is 13.7 Å². The van der Waals surface area contributed by atoms with Crippen molar-refractivity contribution < 1.29 is 23.4 Å². The third-order valence-electron chi connectivity index (χ3n) is 4.29. The molecule has 3 rings (SSSR count). The van der Waals surface area contributed by atoms with Gasteiger partial charge in [-0.05, 0) is 30.7 Å². The molecule has 0 radical (unpaired) electrons. The lowest BCUT2D eigenvalue weighted by atomic mass is 10.1. The predicted octanol–water partition coefficient (Wildman–Crippen LogP) is 5.30. The van der Waals surface area contributed by atoms with Crippen molar-refractivity contribution in [2.24, 2.45) is 0 Å². The molecule has 0 bridgehead atoms. The van der Waals surface area contributed by atoms with E-state index in [1.54, 1.807) is 19.1 Å². The van der Waals surface area contributed by atoms with Crippen LogP contribution in [0, 0.1) is 5.82 Å². The van der Waals surface area contributed by atoms with Crippen molar-refractivity contribution in [1.82, 2.24) is 4.98 Å². The molecule has 30 heavy (non-hydrogen) atoms. The number of hydrogen-bond donors (Lipinski definition) is 0. The zero-order valence-corrected chi connectivity index (χ0v) is 18.1. The van der Waals surface area contributed by atoms with Crippen LogP contribution in [0.25, 0.3) is 10.6 Å². The van der Waals surface area contributed by atoms with E-state index < -0.39 is 17.9 Å². The lowest BCUT2D eigenvalue weighted by molar-refractivity contribution is -0.153. The third kappa shape index (κ3) is 5.78. The molecule has 1 heterocycles. The van der Waals surface area contributed by atoms with Gasteiger partial charge < -0.3 is 14.2 Å². The minimum Gasteiger partial charge on any atom is -0.487 e. The zero-order valence-electron chi connectivity index (χ0n) is 16.6. The highest BCUT2D eigenvalue weighted by Gasteiger charge is 2.21. The van der Waals surface area contributed by atoms with Gasteiger partial charge in [0.15, 0.2) is 6.10 Å². The van der Waals surface area contributed by atoms with Crippen molar-refractivity contribution >= 4 is 28.9 Å². The van der Waals surface area contributed by atoms with Crippen LogP contribution in [-0.4, -0.2) is 30.8 Å². The Bertz CT molecular complexity index is 993. The highest BCUT2D eigenvalue weighted by atomic mass is 35.5. The van der Waals surface area contributed by atoms with Gasteiger partial charge in [-0.15, -0.1) is 11.3 Å². The lowest BCUT2D eigenvalue weighted by Gasteiger charge is -2.15. The summed E-state index contributed by atoms with van der Waals surface area (Å²) >= 11 is 7.41. The summed E-state index contributed by atoms with van der Waals surface area (Å²) in [5, 5.41) is 3.43. The number of rotatable bonds is 9. The molecule has 3 aromatic rings. The van der Waals surface area contributed by atoms with Crippen LogP contribution >= 0.6 is 22.9 Å². The van der Waals surface area contributed by atoms with Crippen molar-refractivity contribution in [3.63, 3.8) is 0 Å². The molecule has 0 saturated heterocycles. The molecule has 2 aromatic carbocycles. The van der Waals surface area contributed by atoms with Crippen LogP contribution in [0.4, 0.5) is 4.39 Å². The van der Waals surface area contributed by atoms with Gasteiger partial charge in [0.1, 0.15) is 23.2 Å². The third-order valence-corrected chi connectivity index (χ3v) is 5.48. The van der Waals surface area contributed by atoms with Crippen LogP contribution in [0.15, 0.2) is 47.8 Å². The number of aromatic nitrogens is 1. The molecule has 0 saturated carbocycles. The molecular formula is C22H21ClFNO4S. The van der Waals surface area contributed by atoms with Gasteiger partial charge in [-0.3, -0.25) is 0 Å². The minimum absolute atomic E-state index is 0.0865. The average Bonchev–Trinajstić information content (AvgIpc) is 3.22. The Morgan fingerprint density at radius 2 is 2.00 bits per heavy atom. The highest BCUT2D eigenvalue weighted by molar-refractivity contribution is 7.13. The molecule has 0 unspecified atom stereocenters. The van der Waals surface area contributed by atoms with Crippen molar-refractivity contribution in [3.8, 4) is 16.3 Å². The SMILES string of the molecule is CCO[C@@H](Cc1ccc(OCc2csc(-c3ccc(Cl)cc3)n2)cc1F)C(=O)OC. The topological polar surface area (TPSA) is 57.7 Å². The Labute approximate surface area is 183 Å². The average molecular weight is 450 g/mol. The maximum atomic E-state index is 14.5. The fraction of sp³-hybridized carbons (Fsp3) is 0.273. The van der Waals surface area contributed by atoms with E-state index in [9.17, 15) is 9.18 Å². The summed E-state index contributed by atoms with van der Waals surface area (Å²) in [7, 11) is 1.28. The number of halogens is 2. The van der Waals surface area contributed by atoms with Gasteiger partial charge in [0.05, 0.1) is 12.8 Å². The van der Waals surface area contributed by atoms with Gasteiger partial charge >= 0.3 is 5.97 Å². The summed E-state index contributed by atoms with van der Waals surface area (Å²) in [5.74, 6) is -0.624. The number of ether oxygens (including phenoxy) is 3. The predicted molar refractivity (Wildman–Crippen MR) is 114 cm³/mol. The molecule has 0 fully saturated rings. The summed E-state index contributed by atoms with van der Waals surface area (Å²) in [6.07, 6.45) is -0.758. The van der Waals surface area contributed by atoms with Gasteiger partial charge in [0.25, 0.3) is 0 Å². The second-order valence-corrected chi connectivity index (χ2v) is 7.66. The fourth-order valence-electron chi connectivity index (χ4n) is 2.78. The van der Waals surface area contributed by atoms with E-state index in [0.717, 1.165) is 16.3 Å². The number of methoxy groups -OCH3 is 1. The van der Waals surface area contributed by atoms with Gasteiger partial charge in [-0.1, -0.05) is 29.8 Å². The number of carbonyl (C=O) groups excluding carboxylic acids is 1. The molecule has 0 aliphatic carbocycles. The van der Waals surface area contributed by atoms with Crippen molar-refractivity contribution in [2.45, 2.75) is 26.1 Å². The molecule has 0 aliphatic heterocycles. The molecule has 0 N–H and O–H groups in total. The van der Waals surface area contributed by atoms with E-state index in [2.05, 4.69) is 4.98 Å². The number of thiazole rings is 1. The fourth-order valence-corrected chi connectivity index (χ4v) is 3.72. The zero-order chi connectivity index (χ0) is 21.5. The molecule has 158 valence electrons. The first-order chi connectivity index (χ1) is 14.5. The molecular weight excluding hydrogens is 429 g/mol. The minimum atomic E-state index is -0.845. The van der Waals surface area contributed by atoms with Crippen LogP contribution in [0.2, 0.25) is 5.02 Å². The molecule has 8 heteroatoms. The number of benzene rings is 2. The molecule has 5 nitrogen and oxygen atoms in total. The number of carbonyl (C=O) groups is 1. The first-order valence-electron chi connectivity index (χ1n) is 9.31. The second-order valence-electron chi connectivity index (χ2n) is 6.36. The normalized spacial score (nSPS) is 11.9. The molecule has 1 aromatic heterocycles. The van der Waals surface area contributed by atoms with Crippen molar-refractivity contribution in [3.05, 3.63) is 69.9 Å². The van der Waals surface area contributed by atoms with E-state index in [-0.39, 0.29) is 13.0 Å². The Balaban J connectivity index is 1.62. The van der Waals surface area contributed by atoms with Gasteiger partial charge in [0.2, 0.25) is 0 Å². The Hall–Kier alpha value is -2.48. The largest absolute Gasteiger partial charge is 0.487 e. The first kappa shape index (κ1) is 22.2. The summed E-state index contributed by atoms with van der Waals surface area (Å²) in [5.41, 5.74) is 2.07. The summed E-state index contributed by atoms with van der Waals surface area (Å²) in [4.78, 5) is 16.3. The molecule has 1 atom stereocenters. The lowest BCUT2D eigenvalue weighted by Crippen LogP contribution is -2.28. The van der Waals surface area contributed by atoms with Crippen molar-refractivity contribution in [1.29, 1.82) is 0 Å². The van der Waals surface area contributed by atoms with Gasteiger partial charge in [-0.2, -0.15) is 0 Å². The van der Waals surface area contributed by atoms with E-state index >= 15 is 0 Å². The standard InChI is InChI=1S/C22H21ClFNO4S/c1-3-28-20(22(26)27-2)10-15-6-9-18(11-19(15)24)29-12-17-13-30-21(25-17)14-4-7-16(23)8-5-14/h4-9,11,13,20H,3,10,12H2,1-2H3/t20-/m0/s1. The monoisotopic (exact) mass is 449 g/mol. The molecule has 0 amide bonds. The van der Waals surface area contributed by atoms with Crippen LogP contribution in [0.3, 0.4) is 0 Å². The number of nitrogens with zero attached hydrogens (tertiary/aromatic N) is 1. The van der Waals surface area contributed by atoms with E-state index in [4.69, 9.17) is 25.8 Å². The Morgan fingerprint density at radius 1 is 1.23 bits per heavy atom. The van der Waals surface area contributed by atoms with E-state index in [1.807, 2.05) is 29.6 Å². The second kappa shape index (κ2) is 10.5. The summed E-state index contributed by atoms with van der Waals surface area (Å²) in [6.45, 7) is 2.31. The van der Waals surface area contributed by atoms with Gasteiger partial charge in [0, 0.05) is 35.1 Å². The highest BCUT2D eigenvalue weighted by Crippen LogP contribution is 2.26. The molecule has 0 aliphatic rings. The van der Waals surface area contributed by atoms with Crippen LogP contribution < -0.4 is 4.74 Å². The number of esters is 1. The van der Waals surface area contributed by atoms with Gasteiger partial charge in [-0.25, -0.2) is 14.2 Å². The number of hydrogen-bond acceptors (Lipinski definition) is 6. The maximum Gasteiger partial charge on any atom is 0.335 e. The smallest absolute Gasteiger partial charge is 0.335 e. The quantitative estimate of drug-likeness (QED) is 0.415. The first-order valence-corrected chi connectivity index (χ1v) is 10.6. The maximum absolute atomic E-state index is 14.5. The van der Waals surface area contributed by atoms with E-state index in [1.165, 1.54) is 24.5 Å². The Kier molecular flexibility index (Phi) is 7.79. The molecule has 0 spiro atoms. The summed E-state index contributed by atoms with van der Waals surface area (Å²) in [6, 6.07) is 12.0. The van der Waals surface area contributed by atoms with Crippen LogP contribution in [-0.2, 0) is 27.3 Å². The Morgan fingerprint density at radius 3 is 2.67 bits per heavy atom. The van der Waals surface area contributed by atoms with Crippen LogP contribution in [0.5, 0.6) is 5.75 Å².